The Morgan fingerprint density at radius 3 is 1.50 bits per heavy atom. The summed E-state index contributed by atoms with van der Waals surface area (Å²) in [5.41, 5.74) is -5.24. The molecule has 1 atom stereocenters. The highest BCUT2D eigenvalue weighted by molar-refractivity contribution is 5.72. The Bertz CT molecular complexity index is 254. The third kappa shape index (κ3) is 2.23. The molecular formula is C7H8F6O3. The highest BCUT2D eigenvalue weighted by Gasteiger charge is 2.75. The predicted molar refractivity (Wildman–Crippen MR) is 38.5 cm³/mol. The molecule has 0 radical (unpaired) electrons. The number of alkyl halides is 6. The van der Waals surface area contributed by atoms with Crippen molar-refractivity contribution >= 4 is 5.97 Å². The molecule has 0 aliphatic rings. The molecule has 1 unspecified atom stereocenters. The van der Waals surface area contributed by atoms with Crippen molar-refractivity contribution in [3.8, 4) is 0 Å². The minimum absolute atomic E-state index is 0.807. The number of carboxylic acids is 1. The van der Waals surface area contributed by atoms with E-state index in [9.17, 15) is 31.1 Å². The Kier molecular flexibility index (Phi) is 3.86. The van der Waals surface area contributed by atoms with E-state index in [2.05, 4.69) is 0 Å². The lowest BCUT2D eigenvalue weighted by molar-refractivity contribution is -0.382. The molecule has 0 rings (SSSR count). The second-order valence-electron chi connectivity index (χ2n) is 3.06. The number of rotatable bonds is 3. The number of hydrogen-bond donors (Lipinski definition) is 2. The third-order valence-electron chi connectivity index (χ3n) is 2.07. The van der Waals surface area contributed by atoms with Gasteiger partial charge in [0.15, 0.2) is 0 Å². The van der Waals surface area contributed by atoms with E-state index >= 15 is 0 Å². The average Bonchev–Trinajstić information content (AvgIpc) is 1.99. The molecule has 0 heterocycles. The van der Waals surface area contributed by atoms with Gasteiger partial charge >= 0.3 is 18.3 Å². The van der Waals surface area contributed by atoms with Crippen molar-refractivity contribution in [3.63, 3.8) is 0 Å². The van der Waals surface area contributed by atoms with Gasteiger partial charge in [-0.3, -0.25) is 4.79 Å². The molecule has 0 saturated heterocycles. The molecule has 16 heavy (non-hydrogen) atoms. The quantitative estimate of drug-likeness (QED) is 0.757. The molecule has 96 valence electrons. The van der Waals surface area contributed by atoms with E-state index in [1.54, 1.807) is 0 Å². The maximum absolute atomic E-state index is 12.2. The predicted octanol–water partition coefficient (Wildman–Crippen LogP) is 1.95. The van der Waals surface area contributed by atoms with Crippen LogP contribution in [0.15, 0.2) is 0 Å². The first-order chi connectivity index (χ1) is 6.89. The van der Waals surface area contributed by atoms with Crippen LogP contribution in [0.3, 0.4) is 0 Å². The van der Waals surface area contributed by atoms with E-state index in [0.29, 0.717) is 0 Å². The first kappa shape index (κ1) is 15.0. The molecular weight excluding hydrogens is 246 g/mol. The lowest BCUT2D eigenvalue weighted by Gasteiger charge is -2.36. The zero-order valence-corrected chi connectivity index (χ0v) is 7.85. The van der Waals surface area contributed by atoms with Crippen molar-refractivity contribution in [2.45, 2.75) is 31.3 Å². The van der Waals surface area contributed by atoms with Gasteiger partial charge in [0.1, 0.15) is 5.92 Å². The van der Waals surface area contributed by atoms with Crippen molar-refractivity contribution in [1.82, 2.24) is 0 Å². The molecule has 0 aromatic rings. The molecule has 0 bridgehead atoms. The van der Waals surface area contributed by atoms with Crippen molar-refractivity contribution in [2.24, 2.45) is 5.92 Å². The maximum atomic E-state index is 12.2. The molecule has 3 nitrogen and oxygen atoms in total. The van der Waals surface area contributed by atoms with Crippen LogP contribution >= 0.6 is 0 Å². The number of halogens is 6. The summed E-state index contributed by atoms with van der Waals surface area (Å²) in [5.74, 6) is -5.35. The van der Waals surface area contributed by atoms with Crippen molar-refractivity contribution in [3.05, 3.63) is 0 Å². The lowest BCUT2D eigenvalue weighted by Crippen LogP contribution is -2.63. The molecule has 0 aromatic carbocycles. The number of aliphatic carboxylic acids is 1. The van der Waals surface area contributed by atoms with E-state index in [-0.39, 0.29) is 0 Å². The molecule has 9 heteroatoms. The van der Waals surface area contributed by atoms with Crippen LogP contribution in [0.5, 0.6) is 0 Å². The van der Waals surface area contributed by atoms with Gasteiger partial charge in [-0.15, -0.1) is 0 Å². The van der Waals surface area contributed by atoms with Gasteiger partial charge in [0.25, 0.3) is 5.60 Å². The second-order valence-corrected chi connectivity index (χ2v) is 3.06. The third-order valence-corrected chi connectivity index (χ3v) is 2.07. The molecule has 2 N–H and O–H groups in total. The Morgan fingerprint density at radius 1 is 1.12 bits per heavy atom. The smallest absolute Gasteiger partial charge is 0.427 e. The van der Waals surface area contributed by atoms with E-state index in [0.717, 1.165) is 6.92 Å². The zero-order valence-electron chi connectivity index (χ0n) is 7.85. The number of carbonyl (C=O) groups is 1. The minimum atomic E-state index is -6.11. The number of aliphatic hydroxyl groups is 1. The number of carboxylic acid groups (broad SMARTS) is 1. The summed E-state index contributed by atoms with van der Waals surface area (Å²) in [6.07, 6.45) is -13.2. The standard InChI is InChI=1S/C7H8F6O3/c1-2-3(4(14)15)5(16,6(8,9)10)7(11,12)13/h3,16H,2H2,1H3,(H,14,15). The topological polar surface area (TPSA) is 57.5 Å². The van der Waals surface area contributed by atoms with E-state index in [4.69, 9.17) is 10.2 Å². The van der Waals surface area contributed by atoms with Gasteiger partial charge in [0.05, 0.1) is 0 Å². The summed E-state index contributed by atoms with van der Waals surface area (Å²) in [7, 11) is 0. The minimum Gasteiger partial charge on any atom is -0.481 e. The molecule has 0 spiro atoms. The fraction of sp³-hybridized carbons (Fsp3) is 0.857. The fourth-order valence-corrected chi connectivity index (χ4v) is 1.20. The van der Waals surface area contributed by atoms with Gasteiger partial charge in [-0.25, -0.2) is 0 Å². The van der Waals surface area contributed by atoms with Crippen LogP contribution in [-0.4, -0.2) is 34.1 Å². The molecule has 0 amide bonds. The van der Waals surface area contributed by atoms with Gasteiger partial charge in [0.2, 0.25) is 0 Å². The van der Waals surface area contributed by atoms with Gasteiger partial charge < -0.3 is 10.2 Å². The highest BCUT2D eigenvalue weighted by Crippen LogP contribution is 2.48. The van der Waals surface area contributed by atoms with Crippen LogP contribution in [0.2, 0.25) is 0 Å². The summed E-state index contributed by atoms with van der Waals surface area (Å²) < 4.78 is 73.0. The van der Waals surface area contributed by atoms with Crippen molar-refractivity contribution < 1.29 is 41.4 Å². The summed E-state index contributed by atoms with van der Waals surface area (Å²) >= 11 is 0. The first-order valence-electron chi connectivity index (χ1n) is 3.98. The van der Waals surface area contributed by atoms with Gasteiger partial charge in [0, 0.05) is 0 Å². The largest absolute Gasteiger partial charge is 0.481 e. The summed E-state index contributed by atoms with van der Waals surface area (Å²) in [5, 5.41) is 17.0. The molecule has 0 saturated carbocycles. The van der Waals surface area contributed by atoms with Gasteiger partial charge in [-0.05, 0) is 6.42 Å². The second kappa shape index (κ2) is 4.11. The zero-order chi connectivity index (χ0) is 13.4. The van der Waals surface area contributed by atoms with Gasteiger partial charge in [-0.2, -0.15) is 26.3 Å². The highest BCUT2D eigenvalue weighted by atomic mass is 19.4. The molecule has 0 fully saturated rings. The van der Waals surface area contributed by atoms with Crippen LogP contribution < -0.4 is 0 Å². The Balaban J connectivity index is 5.68. The maximum Gasteiger partial charge on any atom is 0.427 e. The Morgan fingerprint density at radius 2 is 1.44 bits per heavy atom. The van der Waals surface area contributed by atoms with Crippen molar-refractivity contribution in [1.29, 1.82) is 0 Å². The summed E-state index contributed by atoms with van der Waals surface area (Å²) in [6.45, 7) is 0.807. The van der Waals surface area contributed by atoms with Crippen LogP contribution in [0.4, 0.5) is 26.3 Å². The van der Waals surface area contributed by atoms with Crippen LogP contribution in [0.1, 0.15) is 13.3 Å². The van der Waals surface area contributed by atoms with Crippen LogP contribution in [0.25, 0.3) is 0 Å². The van der Waals surface area contributed by atoms with Crippen molar-refractivity contribution in [2.75, 3.05) is 0 Å². The fourth-order valence-electron chi connectivity index (χ4n) is 1.20. The summed E-state index contributed by atoms with van der Waals surface area (Å²) in [4.78, 5) is 10.3. The van der Waals surface area contributed by atoms with Crippen LogP contribution in [0, 0.1) is 5.92 Å². The average molecular weight is 254 g/mol. The SMILES string of the molecule is CCC(C(=O)O)C(O)(C(F)(F)F)C(F)(F)F. The monoisotopic (exact) mass is 254 g/mol. The Labute approximate surface area is 85.7 Å². The van der Waals surface area contributed by atoms with E-state index in [1.165, 1.54) is 0 Å². The van der Waals surface area contributed by atoms with E-state index < -0.39 is 36.3 Å². The van der Waals surface area contributed by atoms with Crippen LogP contribution in [-0.2, 0) is 4.79 Å². The first-order valence-corrected chi connectivity index (χ1v) is 3.98. The lowest BCUT2D eigenvalue weighted by atomic mass is 9.84. The molecule has 0 aromatic heterocycles. The summed E-state index contributed by atoms with van der Waals surface area (Å²) in [6, 6.07) is 0. The van der Waals surface area contributed by atoms with E-state index in [1.807, 2.05) is 0 Å². The molecule has 0 aliphatic heterocycles. The molecule has 0 aliphatic carbocycles. The Hall–Kier alpha value is -0.990. The number of hydrogen-bond acceptors (Lipinski definition) is 2. The normalized spacial score (nSPS) is 16.0. The van der Waals surface area contributed by atoms with Gasteiger partial charge in [-0.1, -0.05) is 6.92 Å².